The Kier molecular flexibility index (Phi) is 5.13. The molecule has 0 aliphatic carbocycles. The highest BCUT2D eigenvalue weighted by molar-refractivity contribution is 9.10. The van der Waals surface area contributed by atoms with Gasteiger partial charge in [0.1, 0.15) is 0 Å². The van der Waals surface area contributed by atoms with Crippen LogP contribution in [0.1, 0.15) is 30.6 Å². The largest absolute Gasteiger partial charge is 0.271 e. The Balaban J connectivity index is 2.24. The molecule has 0 amide bonds. The molecule has 5 heteroatoms. The molecule has 19 heavy (non-hydrogen) atoms. The number of hydrazine groups is 1. The Bertz CT molecular complexity index is 509. The summed E-state index contributed by atoms with van der Waals surface area (Å²) in [4.78, 5) is 0. The average Bonchev–Trinajstić information content (AvgIpc) is 2.79. The molecule has 4 nitrogen and oxygen atoms in total. The fraction of sp³-hybridized carbons (Fsp3) is 0.357. The van der Waals surface area contributed by atoms with Crippen LogP contribution in [0.2, 0.25) is 0 Å². The molecule has 0 aliphatic heterocycles. The van der Waals surface area contributed by atoms with E-state index in [2.05, 4.69) is 45.5 Å². The summed E-state index contributed by atoms with van der Waals surface area (Å²) >= 11 is 3.56. The number of nitrogens with zero attached hydrogens (tertiary/aromatic N) is 2. The second-order valence-electron chi connectivity index (χ2n) is 4.51. The van der Waals surface area contributed by atoms with Crippen LogP contribution in [0, 0.1) is 0 Å². The Morgan fingerprint density at radius 2 is 2.11 bits per heavy atom. The van der Waals surface area contributed by atoms with E-state index in [9.17, 15) is 0 Å². The number of benzene rings is 1. The molecular formula is C14H19BrN4. The van der Waals surface area contributed by atoms with Crippen LogP contribution in [-0.2, 0) is 13.0 Å². The number of aromatic nitrogens is 2. The molecule has 2 rings (SSSR count). The SMILES string of the molecule is CCCn1ncc(Br)c1C(Cc1ccccc1)NN. The molecule has 1 aromatic carbocycles. The molecular weight excluding hydrogens is 304 g/mol. The third kappa shape index (κ3) is 3.43. The monoisotopic (exact) mass is 322 g/mol. The summed E-state index contributed by atoms with van der Waals surface area (Å²) in [5.74, 6) is 5.73. The normalized spacial score (nSPS) is 12.6. The predicted molar refractivity (Wildman–Crippen MR) is 80.4 cm³/mol. The Labute approximate surface area is 122 Å². The highest BCUT2D eigenvalue weighted by Crippen LogP contribution is 2.25. The molecule has 3 N–H and O–H groups in total. The van der Waals surface area contributed by atoms with Crippen LogP contribution >= 0.6 is 15.9 Å². The van der Waals surface area contributed by atoms with E-state index in [0.717, 1.165) is 29.6 Å². The van der Waals surface area contributed by atoms with E-state index in [1.807, 2.05) is 29.1 Å². The molecule has 0 radical (unpaired) electrons. The van der Waals surface area contributed by atoms with Crippen molar-refractivity contribution in [2.75, 3.05) is 0 Å². The molecule has 1 atom stereocenters. The predicted octanol–water partition coefficient (Wildman–Crippen LogP) is 2.80. The topological polar surface area (TPSA) is 55.9 Å². The lowest BCUT2D eigenvalue weighted by Gasteiger charge is -2.18. The first kappa shape index (κ1) is 14.2. The van der Waals surface area contributed by atoms with Crippen LogP contribution in [0.5, 0.6) is 0 Å². The van der Waals surface area contributed by atoms with Crippen molar-refractivity contribution in [3.63, 3.8) is 0 Å². The third-order valence-electron chi connectivity index (χ3n) is 3.08. The van der Waals surface area contributed by atoms with Crippen molar-refractivity contribution < 1.29 is 0 Å². The first-order chi connectivity index (χ1) is 9.26. The highest BCUT2D eigenvalue weighted by Gasteiger charge is 2.19. The van der Waals surface area contributed by atoms with Gasteiger partial charge in [0, 0.05) is 6.54 Å². The minimum Gasteiger partial charge on any atom is -0.271 e. The van der Waals surface area contributed by atoms with Crippen molar-refractivity contribution in [1.82, 2.24) is 15.2 Å². The van der Waals surface area contributed by atoms with E-state index in [4.69, 9.17) is 5.84 Å². The molecule has 0 spiro atoms. The van der Waals surface area contributed by atoms with E-state index >= 15 is 0 Å². The van der Waals surface area contributed by atoms with Gasteiger partial charge in [-0.3, -0.25) is 16.0 Å². The first-order valence-electron chi connectivity index (χ1n) is 6.47. The second kappa shape index (κ2) is 6.84. The molecule has 1 unspecified atom stereocenters. The number of hydrogen-bond donors (Lipinski definition) is 2. The number of hydrogen-bond acceptors (Lipinski definition) is 3. The number of aryl methyl sites for hydroxylation is 1. The summed E-state index contributed by atoms with van der Waals surface area (Å²) in [7, 11) is 0. The Hall–Kier alpha value is -1.17. The number of halogens is 1. The van der Waals surface area contributed by atoms with Crippen LogP contribution in [0.4, 0.5) is 0 Å². The zero-order chi connectivity index (χ0) is 13.7. The highest BCUT2D eigenvalue weighted by atomic mass is 79.9. The zero-order valence-electron chi connectivity index (χ0n) is 11.0. The van der Waals surface area contributed by atoms with Crippen molar-refractivity contribution in [1.29, 1.82) is 0 Å². The maximum absolute atomic E-state index is 5.73. The van der Waals surface area contributed by atoms with Crippen molar-refractivity contribution in [2.45, 2.75) is 32.4 Å². The van der Waals surface area contributed by atoms with Gasteiger partial charge in [-0.1, -0.05) is 37.3 Å². The lowest BCUT2D eigenvalue weighted by atomic mass is 10.0. The molecule has 102 valence electrons. The van der Waals surface area contributed by atoms with E-state index in [1.54, 1.807) is 0 Å². The minimum absolute atomic E-state index is 0.0471. The van der Waals surface area contributed by atoms with Crippen molar-refractivity contribution in [2.24, 2.45) is 5.84 Å². The third-order valence-corrected chi connectivity index (χ3v) is 3.69. The van der Waals surface area contributed by atoms with Crippen molar-refractivity contribution in [3.05, 3.63) is 52.3 Å². The van der Waals surface area contributed by atoms with E-state index in [1.165, 1.54) is 5.56 Å². The lowest BCUT2D eigenvalue weighted by Crippen LogP contribution is -2.31. The standard InChI is InChI=1S/C14H19BrN4/c1-2-8-19-14(12(15)10-17-19)13(18-16)9-11-6-4-3-5-7-11/h3-7,10,13,18H,2,8-9,16H2,1H3. The Morgan fingerprint density at radius 1 is 1.37 bits per heavy atom. The Morgan fingerprint density at radius 3 is 2.74 bits per heavy atom. The van der Waals surface area contributed by atoms with Gasteiger partial charge in [0.2, 0.25) is 0 Å². The maximum atomic E-state index is 5.73. The molecule has 1 aromatic heterocycles. The van der Waals surface area contributed by atoms with Crippen LogP contribution in [-0.4, -0.2) is 9.78 Å². The number of nitrogens with two attached hydrogens (primary N) is 1. The van der Waals surface area contributed by atoms with Gasteiger partial charge in [0.05, 0.1) is 22.4 Å². The quantitative estimate of drug-likeness (QED) is 0.635. The van der Waals surface area contributed by atoms with Gasteiger partial charge < -0.3 is 0 Å². The van der Waals surface area contributed by atoms with Crippen LogP contribution in [0.3, 0.4) is 0 Å². The van der Waals surface area contributed by atoms with Gasteiger partial charge in [-0.15, -0.1) is 0 Å². The average molecular weight is 323 g/mol. The van der Waals surface area contributed by atoms with E-state index in [0.29, 0.717) is 0 Å². The van der Waals surface area contributed by atoms with Gasteiger partial charge in [-0.25, -0.2) is 0 Å². The van der Waals surface area contributed by atoms with Gasteiger partial charge in [-0.05, 0) is 34.3 Å². The van der Waals surface area contributed by atoms with E-state index in [-0.39, 0.29) is 6.04 Å². The molecule has 0 aliphatic rings. The van der Waals surface area contributed by atoms with Crippen LogP contribution in [0.15, 0.2) is 41.0 Å². The van der Waals surface area contributed by atoms with Gasteiger partial charge >= 0.3 is 0 Å². The maximum Gasteiger partial charge on any atom is 0.0712 e. The van der Waals surface area contributed by atoms with E-state index < -0.39 is 0 Å². The summed E-state index contributed by atoms with van der Waals surface area (Å²) in [5.41, 5.74) is 5.26. The van der Waals surface area contributed by atoms with Crippen molar-refractivity contribution >= 4 is 15.9 Å². The molecule has 1 heterocycles. The van der Waals surface area contributed by atoms with Crippen LogP contribution in [0.25, 0.3) is 0 Å². The smallest absolute Gasteiger partial charge is 0.0712 e. The molecule has 2 aromatic rings. The van der Waals surface area contributed by atoms with Gasteiger partial charge in [-0.2, -0.15) is 5.10 Å². The molecule has 0 fully saturated rings. The zero-order valence-corrected chi connectivity index (χ0v) is 12.6. The summed E-state index contributed by atoms with van der Waals surface area (Å²) < 4.78 is 3.01. The summed E-state index contributed by atoms with van der Waals surface area (Å²) in [6.07, 6.45) is 3.72. The number of nitrogens with one attached hydrogen (secondary N) is 1. The summed E-state index contributed by atoms with van der Waals surface area (Å²) in [5, 5.41) is 4.39. The second-order valence-corrected chi connectivity index (χ2v) is 5.36. The van der Waals surface area contributed by atoms with Gasteiger partial charge in [0.25, 0.3) is 0 Å². The molecule has 0 bridgehead atoms. The van der Waals surface area contributed by atoms with Crippen LogP contribution < -0.4 is 11.3 Å². The first-order valence-corrected chi connectivity index (χ1v) is 7.26. The fourth-order valence-electron chi connectivity index (χ4n) is 2.19. The molecule has 0 saturated carbocycles. The fourth-order valence-corrected chi connectivity index (χ4v) is 2.77. The molecule has 0 saturated heterocycles. The number of rotatable bonds is 6. The van der Waals surface area contributed by atoms with Crippen molar-refractivity contribution in [3.8, 4) is 0 Å². The summed E-state index contributed by atoms with van der Waals surface area (Å²) in [6, 6.07) is 10.4. The summed E-state index contributed by atoms with van der Waals surface area (Å²) in [6.45, 7) is 3.04. The lowest BCUT2D eigenvalue weighted by molar-refractivity contribution is 0.476. The van der Waals surface area contributed by atoms with Gasteiger partial charge in [0.15, 0.2) is 0 Å². The minimum atomic E-state index is 0.0471.